The zero-order valence-corrected chi connectivity index (χ0v) is 28.6. The van der Waals surface area contributed by atoms with Crippen molar-refractivity contribution in [1.29, 1.82) is 0 Å². The maximum Gasteiger partial charge on any atom is 0.587 e. The molecule has 0 radical (unpaired) electrons. The van der Waals surface area contributed by atoms with Crippen molar-refractivity contribution in [3.63, 3.8) is 0 Å². The summed E-state index contributed by atoms with van der Waals surface area (Å²) in [7, 11) is 0. The summed E-state index contributed by atoms with van der Waals surface area (Å²) in [5.41, 5.74) is -0.961. The van der Waals surface area contributed by atoms with Crippen molar-refractivity contribution < 1.29 is 28.2 Å². The van der Waals surface area contributed by atoms with Crippen LogP contribution in [0, 0.1) is 16.7 Å². The Morgan fingerprint density at radius 3 is 2.22 bits per heavy atom. The van der Waals surface area contributed by atoms with E-state index in [2.05, 4.69) is 37.9 Å². The molecule has 0 aromatic carbocycles. The van der Waals surface area contributed by atoms with Crippen LogP contribution in [0.15, 0.2) is 12.7 Å². The highest BCUT2D eigenvalue weighted by Gasteiger charge is 2.43. The fourth-order valence-electron chi connectivity index (χ4n) is 5.19. The maximum atomic E-state index is 14.0. The number of nitrogens with one attached hydrogen (secondary N) is 6. The first kappa shape index (κ1) is 38.2. The summed E-state index contributed by atoms with van der Waals surface area (Å²) in [5.74, 6) is -2.07. The molecule has 2 fully saturated rings. The number of nitrogens with zero attached hydrogens (tertiary/aromatic N) is 1. The fourth-order valence-corrected chi connectivity index (χ4v) is 5.42. The lowest BCUT2D eigenvalue weighted by Gasteiger charge is -2.37. The zero-order valence-electron chi connectivity index (χ0n) is 27.8. The van der Waals surface area contributed by atoms with Crippen LogP contribution >= 0.6 is 0 Å². The van der Waals surface area contributed by atoms with Crippen LogP contribution in [-0.2, 0) is 35.2 Å². The van der Waals surface area contributed by atoms with Crippen LogP contribution in [0.2, 0.25) is 0 Å². The van der Waals surface area contributed by atoms with Gasteiger partial charge in [0.25, 0.3) is 5.91 Å². The van der Waals surface area contributed by atoms with E-state index in [1.807, 2.05) is 41.5 Å². The number of carbonyl (C=O) groups excluding carboxylic acids is 5. The van der Waals surface area contributed by atoms with Gasteiger partial charge in [0.2, 0.25) is 17.6 Å². The van der Waals surface area contributed by atoms with E-state index in [1.54, 1.807) is 0 Å². The largest absolute Gasteiger partial charge is 0.587 e. The van der Waals surface area contributed by atoms with Gasteiger partial charge in [0.1, 0.15) is 12.1 Å². The molecule has 13 nitrogen and oxygen atoms in total. The highest BCUT2D eigenvalue weighted by molar-refractivity contribution is 7.63. The summed E-state index contributed by atoms with van der Waals surface area (Å²) in [4.78, 5) is 67.6. The van der Waals surface area contributed by atoms with Gasteiger partial charge in [-0.3, -0.25) is 19.2 Å². The van der Waals surface area contributed by atoms with Gasteiger partial charge >= 0.3 is 17.9 Å². The summed E-state index contributed by atoms with van der Waals surface area (Å²) in [6, 6.07) is -3.47. The van der Waals surface area contributed by atoms with E-state index < -0.39 is 47.2 Å². The third kappa shape index (κ3) is 12.7. The molecule has 45 heavy (non-hydrogen) atoms. The van der Waals surface area contributed by atoms with E-state index >= 15 is 0 Å². The lowest BCUT2D eigenvalue weighted by Crippen LogP contribution is -2.61. The molecule has 0 spiro atoms. The normalized spacial score (nSPS) is 18.7. The van der Waals surface area contributed by atoms with Gasteiger partial charge in [0, 0.05) is 25.7 Å². The van der Waals surface area contributed by atoms with Gasteiger partial charge in [-0.15, -0.1) is 6.58 Å². The third-order valence-corrected chi connectivity index (χ3v) is 8.47. The van der Waals surface area contributed by atoms with Crippen LogP contribution in [0.25, 0.3) is 0 Å². The molecule has 1 unspecified atom stereocenters. The molecule has 1 saturated heterocycles. The molecule has 0 bridgehead atoms. The van der Waals surface area contributed by atoms with Crippen molar-refractivity contribution in [2.45, 2.75) is 104 Å². The van der Waals surface area contributed by atoms with E-state index in [1.165, 1.54) is 11.0 Å². The van der Waals surface area contributed by atoms with Crippen LogP contribution < -0.4 is 31.3 Å². The second-order valence-corrected chi connectivity index (χ2v) is 14.6. The minimum absolute atomic E-state index is 0.141. The molecule has 2 aliphatic rings. The SMILES string of the molecule is C=CCNC(=O)C(=O)C(CC1CC1)NC(=O)[C@@H]1CCCN1C(=O)[C@@H](NC(=O)N[C@H](CNCCCN[S+]=O)C(C)(C)C)C(C)(C)C. The quantitative estimate of drug-likeness (QED) is 0.0423. The first-order valence-corrected chi connectivity index (χ1v) is 16.7. The molecule has 0 aromatic heterocycles. The minimum atomic E-state index is -0.973. The van der Waals surface area contributed by atoms with Crippen LogP contribution in [0.4, 0.5) is 4.79 Å². The first-order valence-electron chi connectivity index (χ1n) is 15.9. The number of urea groups is 1. The number of Topliss-reactive ketones (excluding diaryl/α,β-unsaturated/α-hetero) is 1. The van der Waals surface area contributed by atoms with Crippen molar-refractivity contribution >= 4 is 41.4 Å². The smallest absolute Gasteiger partial charge is 0.346 e. The predicted octanol–water partition coefficient (Wildman–Crippen LogP) is 1.17. The van der Waals surface area contributed by atoms with E-state index in [-0.39, 0.29) is 29.8 Å². The molecule has 1 heterocycles. The average molecular weight is 653 g/mol. The summed E-state index contributed by atoms with van der Waals surface area (Å²) >= 11 is 0.333. The molecule has 14 heteroatoms. The van der Waals surface area contributed by atoms with Crippen LogP contribution in [0.3, 0.4) is 0 Å². The van der Waals surface area contributed by atoms with Gasteiger partial charge in [0.05, 0.1) is 16.8 Å². The number of hydrogen-bond acceptors (Lipinski definition) is 7. The summed E-state index contributed by atoms with van der Waals surface area (Å²) in [5, 5.41) is 14.5. The molecular weight excluding hydrogens is 598 g/mol. The molecule has 4 atom stereocenters. The molecule has 254 valence electrons. The highest BCUT2D eigenvalue weighted by atomic mass is 32.2. The number of amides is 5. The number of carbonyl (C=O) groups is 5. The van der Waals surface area contributed by atoms with Gasteiger partial charge in [-0.05, 0) is 53.7 Å². The Kier molecular flexibility index (Phi) is 15.0. The predicted molar refractivity (Wildman–Crippen MR) is 174 cm³/mol. The molecule has 2 rings (SSSR count). The van der Waals surface area contributed by atoms with Crippen molar-refractivity contribution in [1.82, 2.24) is 36.2 Å². The number of rotatable bonds is 18. The summed E-state index contributed by atoms with van der Waals surface area (Å²) in [6.07, 6.45) is 5.48. The standard InChI is InChI=1S/C31H53N7O6S/c1-8-14-33-27(41)24(39)21(18-20-12-13-20)35-26(40)22-11-9-17-38(22)28(42)25(31(5,6)7)37-29(43)36-23(30(2,3)4)19-32-15-10-16-34-45-44/h8,20-23,25,32H,1,9-19H2,2-7H3,(H4-,33,34,35,36,37,40,41,43,44)/p+1/t21?,22-,23+,25+/m0/s1. The van der Waals surface area contributed by atoms with E-state index in [4.69, 9.17) is 0 Å². The number of likely N-dealkylation sites (tertiary alicyclic amines) is 1. The van der Waals surface area contributed by atoms with Crippen molar-refractivity contribution in [2.24, 2.45) is 16.7 Å². The molecule has 0 aromatic rings. The minimum Gasteiger partial charge on any atom is -0.346 e. The third-order valence-electron chi connectivity index (χ3n) is 8.15. The molecule has 1 aliphatic heterocycles. The lowest BCUT2D eigenvalue weighted by molar-refractivity contribution is -0.143. The second kappa shape index (κ2) is 17.7. The molecular formula is C31H54N7O6S+. The zero-order chi connectivity index (χ0) is 33.8. The Morgan fingerprint density at radius 1 is 0.956 bits per heavy atom. The topological polar surface area (TPSA) is 178 Å². The Bertz CT molecular complexity index is 1070. The van der Waals surface area contributed by atoms with Crippen molar-refractivity contribution in [3.05, 3.63) is 12.7 Å². The first-order chi connectivity index (χ1) is 21.1. The van der Waals surface area contributed by atoms with Crippen molar-refractivity contribution in [3.8, 4) is 0 Å². The summed E-state index contributed by atoms with van der Waals surface area (Å²) in [6.45, 7) is 17.3. The van der Waals surface area contributed by atoms with Crippen LogP contribution in [0.5, 0.6) is 0 Å². The maximum absolute atomic E-state index is 14.0. The fraction of sp³-hybridized carbons (Fsp3) is 0.774. The molecule has 1 saturated carbocycles. The number of hydrogen-bond donors (Lipinski definition) is 6. The van der Waals surface area contributed by atoms with Crippen LogP contribution in [0.1, 0.15) is 80.1 Å². The van der Waals surface area contributed by atoms with E-state index in [0.29, 0.717) is 57.3 Å². The second-order valence-electron chi connectivity index (χ2n) is 14.2. The Balaban J connectivity index is 2.10. The van der Waals surface area contributed by atoms with Gasteiger partial charge < -0.3 is 31.5 Å². The van der Waals surface area contributed by atoms with E-state index in [9.17, 15) is 28.2 Å². The Labute approximate surface area is 271 Å². The van der Waals surface area contributed by atoms with Gasteiger partial charge in [-0.25, -0.2) is 4.79 Å². The Hall–Kier alpha value is -2.97. The molecule has 1 aliphatic carbocycles. The monoisotopic (exact) mass is 652 g/mol. The van der Waals surface area contributed by atoms with Crippen LogP contribution in [-0.4, -0.2) is 91.3 Å². The summed E-state index contributed by atoms with van der Waals surface area (Å²) < 4.78 is 13.1. The van der Waals surface area contributed by atoms with Gasteiger partial charge in [-0.1, -0.05) is 60.5 Å². The molecule has 6 N–H and O–H groups in total. The van der Waals surface area contributed by atoms with Gasteiger partial charge in [0.15, 0.2) is 0 Å². The average Bonchev–Trinajstić information content (AvgIpc) is 3.64. The van der Waals surface area contributed by atoms with Crippen molar-refractivity contribution in [2.75, 3.05) is 32.7 Å². The van der Waals surface area contributed by atoms with Gasteiger partial charge in [-0.2, -0.15) is 0 Å². The highest BCUT2D eigenvalue weighted by Crippen LogP contribution is 2.34. The van der Waals surface area contributed by atoms with E-state index in [0.717, 1.165) is 19.3 Å². The lowest BCUT2D eigenvalue weighted by atomic mass is 9.85. The Morgan fingerprint density at radius 2 is 1.64 bits per heavy atom. The molecule has 5 amide bonds. The number of ketones is 1.